The standard InChI is InChI=1S/C20H25N3O4/c1-12(2)18-22-20(27-23-18)17(13-7-9-25-10-8-13)21-19(24)16-11-14-5-3-4-6-15(14)26-16/h3-6,12-13,16-17H,7-11H2,1-2H3,(H,21,24). The van der Waals surface area contributed by atoms with E-state index in [1.807, 2.05) is 38.1 Å². The zero-order valence-electron chi connectivity index (χ0n) is 15.7. The van der Waals surface area contributed by atoms with Gasteiger partial charge in [-0.1, -0.05) is 37.2 Å². The van der Waals surface area contributed by atoms with Crippen LogP contribution in [0.2, 0.25) is 0 Å². The van der Waals surface area contributed by atoms with Crippen LogP contribution in [0.4, 0.5) is 0 Å². The first kappa shape index (κ1) is 18.0. The van der Waals surface area contributed by atoms with Gasteiger partial charge in [-0.05, 0) is 30.4 Å². The lowest BCUT2D eigenvalue weighted by molar-refractivity contribution is -0.129. The highest BCUT2D eigenvalue weighted by molar-refractivity contribution is 5.82. The van der Waals surface area contributed by atoms with E-state index in [2.05, 4.69) is 15.5 Å². The number of ether oxygens (including phenoxy) is 2. The van der Waals surface area contributed by atoms with Crippen molar-refractivity contribution in [3.05, 3.63) is 41.5 Å². The predicted octanol–water partition coefficient (Wildman–Crippen LogP) is 2.78. The second-order valence-electron chi connectivity index (χ2n) is 7.50. The van der Waals surface area contributed by atoms with Gasteiger partial charge in [0.15, 0.2) is 11.9 Å². The van der Waals surface area contributed by atoms with Gasteiger partial charge < -0.3 is 19.3 Å². The molecule has 2 aliphatic heterocycles. The minimum atomic E-state index is -0.530. The van der Waals surface area contributed by atoms with Crippen LogP contribution in [-0.4, -0.2) is 35.4 Å². The van der Waals surface area contributed by atoms with Crippen LogP contribution in [0.5, 0.6) is 5.75 Å². The largest absolute Gasteiger partial charge is 0.480 e. The highest BCUT2D eigenvalue weighted by Gasteiger charge is 2.36. The molecule has 4 rings (SSSR count). The maximum atomic E-state index is 12.9. The van der Waals surface area contributed by atoms with Crippen molar-refractivity contribution in [2.24, 2.45) is 5.92 Å². The Kier molecular flexibility index (Phi) is 5.11. The molecule has 1 fully saturated rings. The first-order valence-corrected chi connectivity index (χ1v) is 9.58. The van der Waals surface area contributed by atoms with E-state index in [4.69, 9.17) is 14.0 Å². The van der Waals surface area contributed by atoms with Crippen molar-refractivity contribution in [2.75, 3.05) is 13.2 Å². The Balaban J connectivity index is 1.51. The second-order valence-corrected chi connectivity index (χ2v) is 7.50. The van der Waals surface area contributed by atoms with Crippen molar-refractivity contribution < 1.29 is 18.8 Å². The van der Waals surface area contributed by atoms with E-state index in [1.54, 1.807) is 0 Å². The van der Waals surface area contributed by atoms with Gasteiger partial charge in [0.05, 0.1) is 0 Å². The number of rotatable bonds is 5. The van der Waals surface area contributed by atoms with Crippen LogP contribution in [0.3, 0.4) is 0 Å². The van der Waals surface area contributed by atoms with Crippen LogP contribution in [0.25, 0.3) is 0 Å². The van der Waals surface area contributed by atoms with Crippen LogP contribution in [-0.2, 0) is 16.0 Å². The first-order chi connectivity index (χ1) is 13.1. The number of hydrogen-bond acceptors (Lipinski definition) is 6. The number of hydrogen-bond donors (Lipinski definition) is 1. The molecule has 2 aliphatic rings. The maximum absolute atomic E-state index is 12.9. The number of nitrogens with zero attached hydrogens (tertiary/aromatic N) is 2. The molecule has 0 spiro atoms. The molecule has 1 aromatic carbocycles. The fraction of sp³-hybridized carbons (Fsp3) is 0.550. The number of carbonyl (C=O) groups is 1. The highest BCUT2D eigenvalue weighted by Crippen LogP contribution is 2.32. The number of nitrogens with one attached hydrogen (secondary N) is 1. The smallest absolute Gasteiger partial charge is 0.262 e. The third-order valence-corrected chi connectivity index (χ3v) is 5.21. The van der Waals surface area contributed by atoms with Crippen molar-refractivity contribution >= 4 is 5.91 Å². The van der Waals surface area contributed by atoms with E-state index in [0.29, 0.717) is 31.3 Å². The van der Waals surface area contributed by atoms with E-state index in [9.17, 15) is 4.79 Å². The van der Waals surface area contributed by atoms with Gasteiger partial charge >= 0.3 is 0 Å². The molecule has 27 heavy (non-hydrogen) atoms. The SMILES string of the molecule is CC(C)c1noc(C(NC(=O)C2Cc3ccccc3O2)C2CCOCC2)n1. The third-order valence-electron chi connectivity index (χ3n) is 5.21. The van der Waals surface area contributed by atoms with Crippen molar-refractivity contribution in [1.29, 1.82) is 0 Å². The van der Waals surface area contributed by atoms with E-state index >= 15 is 0 Å². The Morgan fingerprint density at radius 1 is 1.22 bits per heavy atom. The molecule has 2 aromatic rings. The number of amides is 1. The highest BCUT2D eigenvalue weighted by atomic mass is 16.5. The van der Waals surface area contributed by atoms with Gasteiger partial charge in [-0.25, -0.2) is 0 Å². The fourth-order valence-electron chi connectivity index (χ4n) is 3.61. The average molecular weight is 371 g/mol. The molecule has 1 N–H and O–H groups in total. The van der Waals surface area contributed by atoms with Crippen LogP contribution in [0.1, 0.15) is 55.9 Å². The molecule has 0 bridgehead atoms. The molecule has 7 nitrogen and oxygen atoms in total. The van der Waals surface area contributed by atoms with E-state index in [-0.39, 0.29) is 23.8 Å². The van der Waals surface area contributed by atoms with Crippen molar-refractivity contribution in [1.82, 2.24) is 15.5 Å². The zero-order chi connectivity index (χ0) is 18.8. The molecule has 0 aliphatic carbocycles. The summed E-state index contributed by atoms with van der Waals surface area (Å²) in [6.45, 7) is 5.38. The van der Waals surface area contributed by atoms with Crippen molar-refractivity contribution in [3.63, 3.8) is 0 Å². The maximum Gasteiger partial charge on any atom is 0.262 e. The topological polar surface area (TPSA) is 86.5 Å². The summed E-state index contributed by atoms with van der Waals surface area (Å²) in [7, 11) is 0. The number of para-hydroxylation sites is 1. The van der Waals surface area contributed by atoms with Gasteiger partial charge in [-0.3, -0.25) is 4.79 Å². The molecule has 0 saturated carbocycles. The number of aromatic nitrogens is 2. The molecule has 2 unspecified atom stereocenters. The molecular weight excluding hydrogens is 346 g/mol. The summed E-state index contributed by atoms with van der Waals surface area (Å²) >= 11 is 0. The second kappa shape index (κ2) is 7.68. The van der Waals surface area contributed by atoms with E-state index < -0.39 is 6.10 Å². The van der Waals surface area contributed by atoms with E-state index in [0.717, 1.165) is 24.2 Å². The van der Waals surface area contributed by atoms with Crippen LogP contribution >= 0.6 is 0 Å². The number of benzene rings is 1. The molecule has 144 valence electrons. The van der Waals surface area contributed by atoms with Crippen LogP contribution in [0, 0.1) is 5.92 Å². The summed E-state index contributed by atoms with van der Waals surface area (Å²) in [6, 6.07) is 7.43. The van der Waals surface area contributed by atoms with Gasteiger partial charge in [-0.15, -0.1) is 0 Å². The van der Waals surface area contributed by atoms with Crippen LogP contribution < -0.4 is 10.1 Å². The summed E-state index contributed by atoms with van der Waals surface area (Å²) in [6.07, 6.45) is 1.73. The zero-order valence-corrected chi connectivity index (χ0v) is 15.7. The molecule has 1 saturated heterocycles. The monoisotopic (exact) mass is 371 g/mol. The summed E-state index contributed by atoms with van der Waals surface area (Å²) in [4.78, 5) is 17.5. The van der Waals surface area contributed by atoms with Gasteiger partial charge in [0.1, 0.15) is 11.8 Å². The first-order valence-electron chi connectivity index (χ1n) is 9.58. The fourth-order valence-corrected chi connectivity index (χ4v) is 3.61. The lowest BCUT2D eigenvalue weighted by atomic mass is 9.91. The van der Waals surface area contributed by atoms with Gasteiger partial charge in [0, 0.05) is 25.6 Å². The molecule has 1 amide bonds. The molecule has 0 radical (unpaired) electrons. The minimum absolute atomic E-state index is 0.146. The summed E-state index contributed by atoms with van der Waals surface area (Å²) in [5, 5.41) is 7.19. The normalized spacial score (nSPS) is 20.9. The Labute approximate surface area is 158 Å². The van der Waals surface area contributed by atoms with Crippen LogP contribution in [0.15, 0.2) is 28.8 Å². The van der Waals surface area contributed by atoms with Gasteiger partial charge in [0.25, 0.3) is 5.91 Å². The molecule has 2 atom stereocenters. The Morgan fingerprint density at radius 3 is 2.70 bits per heavy atom. The van der Waals surface area contributed by atoms with Gasteiger partial charge in [0.2, 0.25) is 5.89 Å². The average Bonchev–Trinajstić information content (AvgIpc) is 3.34. The lowest BCUT2D eigenvalue weighted by Gasteiger charge is -2.29. The summed E-state index contributed by atoms with van der Waals surface area (Å²) in [5.74, 6) is 2.12. The Bertz CT molecular complexity index is 773. The minimum Gasteiger partial charge on any atom is -0.480 e. The molecule has 7 heteroatoms. The quantitative estimate of drug-likeness (QED) is 0.870. The number of fused-ring (bicyclic) bond motifs is 1. The van der Waals surface area contributed by atoms with Crippen molar-refractivity contribution in [3.8, 4) is 5.75 Å². The lowest BCUT2D eigenvalue weighted by Crippen LogP contribution is -2.43. The third kappa shape index (κ3) is 3.83. The molecule has 3 heterocycles. The predicted molar refractivity (Wildman–Crippen MR) is 97.4 cm³/mol. The molecular formula is C20H25N3O4. The Hall–Kier alpha value is -2.41. The Morgan fingerprint density at radius 2 is 2.00 bits per heavy atom. The van der Waals surface area contributed by atoms with Gasteiger partial charge in [-0.2, -0.15) is 4.98 Å². The number of carbonyl (C=O) groups excluding carboxylic acids is 1. The van der Waals surface area contributed by atoms with Crippen molar-refractivity contribution in [2.45, 2.75) is 51.2 Å². The summed E-state index contributed by atoms with van der Waals surface area (Å²) in [5.41, 5.74) is 1.06. The molecule has 1 aromatic heterocycles. The van der Waals surface area contributed by atoms with E-state index in [1.165, 1.54) is 0 Å². The summed E-state index contributed by atoms with van der Waals surface area (Å²) < 4.78 is 16.8.